The van der Waals surface area contributed by atoms with Crippen molar-refractivity contribution in [3.63, 3.8) is 0 Å². The lowest BCUT2D eigenvalue weighted by molar-refractivity contribution is 0.405. The summed E-state index contributed by atoms with van der Waals surface area (Å²) in [7, 11) is 0. The molecule has 0 saturated carbocycles. The Bertz CT molecular complexity index is 339. The van der Waals surface area contributed by atoms with Gasteiger partial charge < -0.3 is 4.74 Å². The molecular formula is C9H7BrClFO. The minimum absolute atomic E-state index is 0.151. The molecule has 13 heavy (non-hydrogen) atoms. The second-order valence-corrected chi connectivity index (χ2v) is 4.23. The number of hydrogen-bond acceptors (Lipinski definition) is 1. The fourth-order valence-electron chi connectivity index (χ4n) is 1.15. The zero-order chi connectivity index (χ0) is 9.42. The Labute approximate surface area is 89.0 Å². The van der Waals surface area contributed by atoms with Crippen molar-refractivity contribution in [3.05, 3.63) is 33.0 Å². The van der Waals surface area contributed by atoms with Gasteiger partial charge in [-0.05, 0) is 27.6 Å². The van der Waals surface area contributed by atoms with Gasteiger partial charge in [-0.25, -0.2) is 4.39 Å². The van der Waals surface area contributed by atoms with E-state index >= 15 is 0 Å². The topological polar surface area (TPSA) is 12.5 Å². The first-order chi connectivity index (χ1) is 6.18. The quantitative estimate of drug-likeness (QED) is 0.591. The third-order valence-electron chi connectivity index (χ3n) is 1.97. The van der Waals surface area contributed by atoms with Gasteiger partial charge in [-0.15, -0.1) is 0 Å². The van der Waals surface area contributed by atoms with Gasteiger partial charge in [0, 0.05) is 10.9 Å². The normalized spacial score (nSPS) is 20.4. The molecule has 1 fully saturated rings. The molecule has 0 aromatic heterocycles. The van der Waals surface area contributed by atoms with Crippen LogP contribution in [-0.4, -0.2) is 12.7 Å². The Morgan fingerprint density at radius 3 is 2.92 bits per heavy atom. The molecule has 4 heteroatoms. The predicted molar refractivity (Wildman–Crippen MR) is 52.6 cm³/mol. The minimum Gasteiger partial charge on any atom is -0.373 e. The van der Waals surface area contributed by atoms with E-state index in [4.69, 9.17) is 16.3 Å². The minimum atomic E-state index is -0.341. The van der Waals surface area contributed by atoms with Crippen molar-refractivity contribution >= 4 is 27.5 Å². The van der Waals surface area contributed by atoms with Crippen LogP contribution in [0.4, 0.5) is 4.39 Å². The molecule has 1 aliphatic heterocycles. The molecule has 70 valence electrons. The number of ether oxygens (including phenoxy) is 1. The van der Waals surface area contributed by atoms with E-state index in [-0.39, 0.29) is 16.9 Å². The van der Waals surface area contributed by atoms with Gasteiger partial charge in [-0.3, -0.25) is 0 Å². The van der Waals surface area contributed by atoms with Gasteiger partial charge in [-0.2, -0.15) is 0 Å². The lowest BCUT2D eigenvalue weighted by atomic mass is 10.1. The molecule has 1 atom stereocenters. The van der Waals surface area contributed by atoms with E-state index in [0.29, 0.717) is 16.5 Å². The van der Waals surface area contributed by atoms with Crippen LogP contribution in [0, 0.1) is 5.82 Å². The summed E-state index contributed by atoms with van der Waals surface area (Å²) in [6, 6.07) is 3.48. The molecule has 1 heterocycles. The Morgan fingerprint density at radius 1 is 1.62 bits per heavy atom. The molecule has 0 N–H and O–H groups in total. The summed E-state index contributed by atoms with van der Waals surface area (Å²) < 4.78 is 19.0. The van der Waals surface area contributed by atoms with E-state index in [1.807, 2.05) is 0 Å². The third kappa shape index (κ3) is 2.03. The lowest BCUT2D eigenvalue weighted by Gasteiger charge is -2.03. The van der Waals surface area contributed by atoms with E-state index in [0.717, 1.165) is 6.61 Å². The average molecular weight is 266 g/mol. The highest BCUT2D eigenvalue weighted by Gasteiger charge is 2.24. The molecule has 0 bridgehead atoms. The average Bonchev–Trinajstić information content (AvgIpc) is 2.90. The summed E-state index contributed by atoms with van der Waals surface area (Å²) in [4.78, 5) is 0. The summed E-state index contributed by atoms with van der Waals surface area (Å²) in [6.07, 6.45) is 0.797. The fourth-order valence-corrected chi connectivity index (χ4v) is 1.65. The Morgan fingerprint density at radius 2 is 2.31 bits per heavy atom. The first-order valence-corrected chi connectivity index (χ1v) is 5.09. The highest BCUT2D eigenvalue weighted by molar-refractivity contribution is 9.10. The third-order valence-corrected chi connectivity index (χ3v) is 3.22. The number of halogens is 3. The molecule has 2 rings (SSSR count). The van der Waals surface area contributed by atoms with E-state index in [1.54, 1.807) is 12.1 Å². The van der Waals surface area contributed by atoms with Crippen LogP contribution < -0.4 is 0 Å². The smallest absolute Gasteiger partial charge is 0.146 e. The van der Waals surface area contributed by atoms with Gasteiger partial charge in [0.1, 0.15) is 5.82 Å². The monoisotopic (exact) mass is 264 g/mol. The number of hydrogen-bond donors (Lipinski definition) is 0. The van der Waals surface area contributed by atoms with Crippen molar-refractivity contribution in [1.29, 1.82) is 0 Å². The molecule has 1 nitrogen and oxygen atoms in total. The van der Waals surface area contributed by atoms with Gasteiger partial charge in [0.25, 0.3) is 0 Å². The van der Waals surface area contributed by atoms with Crippen LogP contribution in [0.25, 0.3) is 0 Å². The van der Waals surface area contributed by atoms with Crippen molar-refractivity contribution in [1.82, 2.24) is 0 Å². The summed E-state index contributed by atoms with van der Waals surface area (Å²) in [5, 5.41) is 0.151. The van der Waals surface area contributed by atoms with Crippen molar-refractivity contribution < 1.29 is 9.13 Å². The Balaban J connectivity index is 2.29. The molecule has 0 spiro atoms. The molecule has 0 radical (unpaired) electrons. The van der Waals surface area contributed by atoms with Crippen LogP contribution in [0.2, 0.25) is 5.02 Å². The van der Waals surface area contributed by atoms with Gasteiger partial charge in [0.2, 0.25) is 0 Å². The molecular weight excluding hydrogens is 258 g/mol. The maximum Gasteiger partial charge on any atom is 0.146 e. The first kappa shape index (κ1) is 9.44. The van der Waals surface area contributed by atoms with Gasteiger partial charge >= 0.3 is 0 Å². The summed E-state index contributed by atoms with van der Waals surface area (Å²) in [5.41, 5.74) is 0.621. The number of rotatable bonds is 2. The van der Waals surface area contributed by atoms with Crippen molar-refractivity contribution in [2.75, 3.05) is 6.61 Å². The van der Waals surface area contributed by atoms with Gasteiger partial charge in [-0.1, -0.05) is 17.7 Å². The Hall–Kier alpha value is -0.120. The van der Waals surface area contributed by atoms with Crippen molar-refractivity contribution in [2.24, 2.45) is 0 Å². The predicted octanol–water partition coefficient (Wildman–Crippen LogP) is 3.18. The van der Waals surface area contributed by atoms with Crippen molar-refractivity contribution in [3.8, 4) is 0 Å². The van der Waals surface area contributed by atoms with Crippen LogP contribution in [0.5, 0.6) is 0 Å². The molecule has 1 saturated heterocycles. The van der Waals surface area contributed by atoms with Crippen LogP contribution in [-0.2, 0) is 11.2 Å². The molecule has 0 amide bonds. The van der Waals surface area contributed by atoms with E-state index in [2.05, 4.69) is 15.9 Å². The SMILES string of the molecule is Fc1c(CC2CO2)ccc(Br)c1Cl. The van der Waals surface area contributed by atoms with E-state index in [1.165, 1.54) is 0 Å². The van der Waals surface area contributed by atoms with Crippen molar-refractivity contribution in [2.45, 2.75) is 12.5 Å². The Kier molecular flexibility index (Phi) is 2.58. The number of benzene rings is 1. The number of epoxide rings is 1. The fraction of sp³-hybridized carbons (Fsp3) is 0.333. The highest BCUT2D eigenvalue weighted by Crippen LogP contribution is 2.29. The van der Waals surface area contributed by atoms with Crippen LogP contribution in [0.3, 0.4) is 0 Å². The highest BCUT2D eigenvalue weighted by atomic mass is 79.9. The van der Waals surface area contributed by atoms with Gasteiger partial charge in [0.05, 0.1) is 17.7 Å². The molecule has 1 unspecified atom stereocenters. The zero-order valence-electron chi connectivity index (χ0n) is 6.69. The molecule has 1 aromatic carbocycles. The van der Waals surface area contributed by atoms with Crippen LogP contribution in [0.1, 0.15) is 5.56 Å². The van der Waals surface area contributed by atoms with E-state index in [9.17, 15) is 4.39 Å². The maximum absolute atomic E-state index is 13.4. The second kappa shape index (κ2) is 3.56. The zero-order valence-corrected chi connectivity index (χ0v) is 9.03. The maximum atomic E-state index is 13.4. The molecule has 0 aliphatic carbocycles. The van der Waals surface area contributed by atoms with Gasteiger partial charge in [0.15, 0.2) is 0 Å². The summed E-state index contributed by atoms with van der Waals surface area (Å²) in [6.45, 7) is 0.729. The molecule has 1 aliphatic rings. The summed E-state index contributed by atoms with van der Waals surface area (Å²) in [5.74, 6) is -0.341. The van der Waals surface area contributed by atoms with E-state index < -0.39 is 0 Å². The molecule has 1 aromatic rings. The van der Waals surface area contributed by atoms with Crippen LogP contribution in [0.15, 0.2) is 16.6 Å². The standard InChI is InChI=1S/C9H7BrClFO/c10-7-2-1-5(3-6-4-13-6)9(12)8(7)11/h1-2,6H,3-4H2. The van der Waals surface area contributed by atoms with Crippen LogP contribution >= 0.6 is 27.5 Å². The largest absolute Gasteiger partial charge is 0.373 e. The lowest BCUT2D eigenvalue weighted by Crippen LogP contribution is -1.97. The summed E-state index contributed by atoms with van der Waals surface area (Å²) >= 11 is 8.88. The first-order valence-electron chi connectivity index (χ1n) is 3.92. The second-order valence-electron chi connectivity index (χ2n) is 2.99.